The van der Waals surface area contributed by atoms with Gasteiger partial charge in [0, 0.05) is 13.1 Å². The van der Waals surface area contributed by atoms with Gasteiger partial charge in [0.15, 0.2) is 0 Å². The monoisotopic (exact) mass is 572 g/mol. The molecule has 4 saturated carbocycles. The molecule has 0 aliphatic heterocycles. The van der Waals surface area contributed by atoms with E-state index in [0.29, 0.717) is 54.0 Å². The number of carbonyl (C=O) groups is 1. The molecule has 0 radical (unpaired) electrons. The number of hydrogen-bond donors (Lipinski definition) is 0. The van der Waals surface area contributed by atoms with Crippen molar-refractivity contribution in [1.82, 2.24) is 0 Å². The molecule has 1 unspecified atom stereocenters. The summed E-state index contributed by atoms with van der Waals surface area (Å²) in [6, 6.07) is 9.99. The van der Waals surface area contributed by atoms with Crippen LogP contribution in [0, 0.1) is 52.3 Å². The van der Waals surface area contributed by atoms with Gasteiger partial charge in [-0.25, -0.2) is 0 Å². The van der Waals surface area contributed by atoms with Crippen LogP contribution in [-0.2, 0) is 29.8 Å². The summed E-state index contributed by atoms with van der Waals surface area (Å²) in [6.45, 7) is 11.9. The highest BCUT2D eigenvalue weighted by atomic mass is 31.2. The number of rotatable bonds is 9. The topological polar surface area (TPSA) is 61.8 Å². The van der Waals surface area contributed by atoms with Crippen molar-refractivity contribution >= 4 is 13.6 Å². The van der Waals surface area contributed by atoms with Crippen LogP contribution in [0.25, 0.3) is 0 Å². The largest absolute Gasteiger partial charge is 0.469 e. The molecule has 6 heteroatoms. The van der Waals surface area contributed by atoms with Crippen LogP contribution in [0.5, 0.6) is 0 Å². The first-order valence-corrected chi connectivity index (χ1v) is 18.0. The zero-order chi connectivity index (χ0) is 28.7. The van der Waals surface area contributed by atoms with E-state index in [1.54, 1.807) is 6.66 Å². The van der Waals surface area contributed by atoms with Gasteiger partial charge in [0.25, 0.3) is 0 Å². The molecule has 1 aromatic carbocycles. The lowest BCUT2D eigenvalue weighted by Gasteiger charge is -2.63. The van der Waals surface area contributed by atoms with Gasteiger partial charge < -0.3 is 13.8 Å². The third-order valence-electron chi connectivity index (χ3n) is 12.3. The standard InChI is InChI=1S/C34H53O5P/c1-23-16-18-33(3)26(20-23)21-30(39-40(6,36)38-22-25-10-8-7-9-11-25)32-28-14-13-27(24(2)12-15-31(35)37-5)34(28,4)19-17-29(32)33/h7-11,23-24,26-30,32H,12-22H2,1-6H3/t23-,24-,26+,27-,28+,29+,30-,32+,33+,34-,40?/m1/s1. The summed E-state index contributed by atoms with van der Waals surface area (Å²) in [5.74, 6) is 3.95. The van der Waals surface area contributed by atoms with Crippen LogP contribution in [0.3, 0.4) is 0 Å². The summed E-state index contributed by atoms with van der Waals surface area (Å²) in [5.41, 5.74) is 1.59. The Morgan fingerprint density at radius 3 is 2.45 bits per heavy atom. The molecule has 11 atom stereocenters. The van der Waals surface area contributed by atoms with Gasteiger partial charge in [0.1, 0.15) is 0 Å². The minimum absolute atomic E-state index is 0.0197. The average molecular weight is 573 g/mol. The first-order chi connectivity index (χ1) is 19.0. The number of carbonyl (C=O) groups excluding carboxylic acids is 1. The Bertz CT molecular complexity index is 1080. The van der Waals surface area contributed by atoms with Gasteiger partial charge in [-0.3, -0.25) is 9.36 Å². The molecule has 0 heterocycles. The first-order valence-electron chi connectivity index (χ1n) is 16.0. The van der Waals surface area contributed by atoms with Gasteiger partial charge in [-0.1, -0.05) is 64.4 Å². The molecule has 5 nitrogen and oxygen atoms in total. The molecular formula is C34H53O5P. The molecule has 0 amide bonds. The third-order valence-corrected chi connectivity index (χ3v) is 13.6. The second-order valence-corrected chi connectivity index (χ2v) is 16.6. The number of fused-ring (bicyclic) bond motifs is 5. The van der Waals surface area contributed by atoms with E-state index in [0.717, 1.165) is 24.3 Å². The molecule has 4 aliphatic carbocycles. The fourth-order valence-electron chi connectivity index (χ4n) is 10.2. The van der Waals surface area contributed by atoms with E-state index in [2.05, 4.69) is 27.7 Å². The van der Waals surface area contributed by atoms with Crippen molar-refractivity contribution in [3.05, 3.63) is 35.9 Å². The Morgan fingerprint density at radius 2 is 1.73 bits per heavy atom. The number of ether oxygens (including phenoxy) is 1. The van der Waals surface area contributed by atoms with Crippen LogP contribution < -0.4 is 0 Å². The van der Waals surface area contributed by atoms with Crippen molar-refractivity contribution in [2.45, 2.75) is 105 Å². The van der Waals surface area contributed by atoms with E-state index in [1.165, 1.54) is 52.1 Å². The maximum absolute atomic E-state index is 13.9. The Labute approximate surface area is 243 Å². The smallest absolute Gasteiger partial charge is 0.328 e. The molecule has 0 N–H and O–H groups in total. The van der Waals surface area contributed by atoms with Crippen molar-refractivity contribution in [1.29, 1.82) is 0 Å². The van der Waals surface area contributed by atoms with Gasteiger partial charge in [-0.05, 0) is 109 Å². The lowest BCUT2D eigenvalue weighted by Crippen LogP contribution is -2.58. The minimum atomic E-state index is -3.24. The molecule has 0 aromatic heterocycles. The second kappa shape index (κ2) is 11.8. The second-order valence-electron chi connectivity index (χ2n) is 14.6. The highest BCUT2D eigenvalue weighted by Crippen LogP contribution is 2.70. The van der Waals surface area contributed by atoms with Gasteiger partial charge >= 0.3 is 13.6 Å². The summed E-state index contributed by atoms with van der Waals surface area (Å²) in [7, 11) is -1.76. The molecule has 40 heavy (non-hydrogen) atoms. The Hall–Kier alpha value is -1.16. The zero-order valence-corrected chi connectivity index (χ0v) is 26.7. The minimum Gasteiger partial charge on any atom is -0.469 e. The van der Waals surface area contributed by atoms with Gasteiger partial charge in [0.05, 0.1) is 19.8 Å². The van der Waals surface area contributed by atoms with Crippen molar-refractivity contribution < 1.29 is 23.1 Å². The van der Waals surface area contributed by atoms with E-state index in [4.69, 9.17) is 13.8 Å². The predicted molar refractivity (Wildman–Crippen MR) is 160 cm³/mol. The summed E-state index contributed by atoms with van der Waals surface area (Å²) in [6.07, 6.45) is 11.2. The first kappa shape index (κ1) is 30.3. The van der Waals surface area contributed by atoms with E-state index in [-0.39, 0.29) is 17.5 Å². The Balaban J connectivity index is 1.39. The van der Waals surface area contributed by atoms with E-state index in [1.807, 2.05) is 30.3 Å². The molecule has 0 saturated heterocycles. The lowest BCUT2D eigenvalue weighted by atomic mass is 9.43. The number of esters is 1. The normalized spacial score (nSPS) is 41.2. The fraction of sp³-hybridized carbons (Fsp3) is 0.794. The third kappa shape index (κ3) is 5.86. The maximum Gasteiger partial charge on any atom is 0.328 e. The van der Waals surface area contributed by atoms with E-state index >= 15 is 0 Å². The molecule has 1 aromatic rings. The molecular weight excluding hydrogens is 519 g/mol. The van der Waals surface area contributed by atoms with Crippen LogP contribution in [0.4, 0.5) is 0 Å². The average Bonchev–Trinajstić information content (AvgIpc) is 3.29. The molecule has 4 fully saturated rings. The highest BCUT2D eigenvalue weighted by Gasteiger charge is 2.63. The van der Waals surface area contributed by atoms with Crippen LogP contribution in [0.15, 0.2) is 30.3 Å². The summed E-state index contributed by atoms with van der Waals surface area (Å²) in [5, 5.41) is 0. The van der Waals surface area contributed by atoms with E-state index in [9.17, 15) is 9.36 Å². The SMILES string of the molecule is COC(=O)CC[C@@H](C)[C@H]1CC[C@H]2[C@@H]3[C@H](OP(C)(=O)OCc4ccccc4)C[C@@H]4C[C@H](C)CC[C@]4(C)[C@H]3CC[C@]12C. The van der Waals surface area contributed by atoms with Crippen molar-refractivity contribution in [3.63, 3.8) is 0 Å². The fourth-order valence-corrected chi connectivity index (χ4v) is 11.4. The maximum atomic E-state index is 13.9. The van der Waals surface area contributed by atoms with E-state index < -0.39 is 7.60 Å². The molecule has 224 valence electrons. The Kier molecular flexibility index (Phi) is 8.97. The molecule has 5 rings (SSSR count). The summed E-state index contributed by atoms with van der Waals surface area (Å²) < 4.78 is 31.6. The van der Waals surface area contributed by atoms with Crippen molar-refractivity contribution in [2.24, 2.45) is 52.3 Å². The van der Waals surface area contributed by atoms with Gasteiger partial charge in [0.2, 0.25) is 0 Å². The van der Waals surface area contributed by atoms with Gasteiger partial charge in [-0.2, -0.15) is 0 Å². The Morgan fingerprint density at radius 1 is 1.02 bits per heavy atom. The molecule has 0 spiro atoms. The number of methoxy groups -OCH3 is 1. The predicted octanol–water partition coefficient (Wildman–Crippen LogP) is 8.91. The lowest BCUT2D eigenvalue weighted by molar-refractivity contribution is -0.164. The van der Waals surface area contributed by atoms with Crippen LogP contribution >= 0.6 is 7.60 Å². The highest BCUT2D eigenvalue weighted by molar-refractivity contribution is 7.52. The zero-order valence-electron chi connectivity index (χ0n) is 25.8. The van der Waals surface area contributed by atoms with Crippen molar-refractivity contribution in [2.75, 3.05) is 13.8 Å². The summed E-state index contributed by atoms with van der Waals surface area (Å²) >= 11 is 0. The molecule has 0 bridgehead atoms. The van der Waals surface area contributed by atoms with Crippen LogP contribution in [-0.4, -0.2) is 25.8 Å². The number of hydrogen-bond acceptors (Lipinski definition) is 5. The van der Waals surface area contributed by atoms with Crippen molar-refractivity contribution in [3.8, 4) is 0 Å². The molecule has 4 aliphatic rings. The van der Waals surface area contributed by atoms with Crippen LogP contribution in [0.2, 0.25) is 0 Å². The van der Waals surface area contributed by atoms with Crippen LogP contribution in [0.1, 0.15) is 97.5 Å². The number of benzene rings is 1. The summed E-state index contributed by atoms with van der Waals surface area (Å²) in [4.78, 5) is 11.9. The van der Waals surface area contributed by atoms with Gasteiger partial charge in [-0.15, -0.1) is 0 Å². The quantitative estimate of drug-likeness (QED) is 0.218.